The van der Waals surface area contributed by atoms with Crippen molar-refractivity contribution in [1.29, 1.82) is 0 Å². The number of nitrogens with one attached hydrogen (secondary N) is 2. The molecule has 6 nitrogen and oxygen atoms in total. The Morgan fingerprint density at radius 1 is 1.27 bits per heavy atom. The van der Waals surface area contributed by atoms with Gasteiger partial charge in [0, 0.05) is 17.3 Å². The van der Waals surface area contributed by atoms with Crippen LogP contribution in [0.5, 0.6) is 0 Å². The number of anilines is 2. The standard InChI is InChI=1S/C16H19N3O3/c1-4-14(16(21)18-15-9-10(2)22-19-15)17-13-7-5-12(6-8-13)11(3)20/h5-9,14,17H,4H2,1-3H3,(H,18,19,21)/t14-/m1/s1. The minimum atomic E-state index is -0.403. The van der Waals surface area contributed by atoms with E-state index < -0.39 is 6.04 Å². The van der Waals surface area contributed by atoms with E-state index in [4.69, 9.17) is 4.52 Å². The first kappa shape index (κ1) is 15.8. The molecule has 1 aromatic heterocycles. The van der Waals surface area contributed by atoms with Gasteiger partial charge in [-0.05, 0) is 44.5 Å². The van der Waals surface area contributed by atoms with Crippen molar-refractivity contribution in [1.82, 2.24) is 5.16 Å². The van der Waals surface area contributed by atoms with Crippen molar-refractivity contribution in [3.8, 4) is 0 Å². The number of aromatic nitrogens is 1. The summed E-state index contributed by atoms with van der Waals surface area (Å²) in [6.07, 6.45) is 0.608. The van der Waals surface area contributed by atoms with Crippen LogP contribution in [-0.2, 0) is 4.79 Å². The van der Waals surface area contributed by atoms with Gasteiger partial charge in [0.2, 0.25) is 5.91 Å². The minimum Gasteiger partial charge on any atom is -0.374 e. The Morgan fingerprint density at radius 2 is 1.95 bits per heavy atom. The monoisotopic (exact) mass is 301 g/mol. The van der Waals surface area contributed by atoms with Crippen molar-refractivity contribution in [3.63, 3.8) is 0 Å². The van der Waals surface area contributed by atoms with E-state index in [1.165, 1.54) is 6.92 Å². The number of ketones is 1. The molecule has 116 valence electrons. The highest BCUT2D eigenvalue weighted by Gasteiger charge is 2.17. The Bertz CT molecular complexity index is 662. The molecule has 0 spiro atoms. The molecule has 1 heterocycles. The summed E-state index contributed by atoms with van der Waals surface area (Å²) in [6, 6.07) is 8.29. The molecule has 0 bridgehead atoms. The second kappa shape index (κ2) is 6.89. The van der Waals surface area contributed by atoms with Crippen LogP contribution in [0.3, 0.4) is 0 Å². The quantitative estimate of drug-likeness (QED) is 0.801. The molecule has 22 heavy (non-hydrogen) atoms. The molecule has 0 radical (unpaired) electrons. The Labute approximate surface area is 128 Å². The molecule has 0 aliphatic carbocycles. The number of hydrogen-bond acceptors (Lipinski definition) is 5. The highest BCUT2D eigenvalue weighted by atomic mass is 16.5. The Morgan fingerprint density at radius 3 is 2.45 bits per heavy atom. The van der Waals surface area contributed by atoms with Gasteiger partial charge in [-0.3, -0.25) is 9.59 Å². The summed E-state index contributed by atoms with van der Waals surface area (Å²) in [7, 11) is 0. The van der Waals surface area contributed by atoms with Crippen molar-refractivity contribution >= 4 is 23.2 Å². The SMILES string of the molecule is CC[C@@H](Nc1ccc(C(C)=O)cc1)C(=O)Nc1cc(C)on1. The van der Waals surface area contributed by atoms with Gasteiger partial charge in [-0.1, -0.05) is 12.1 Å². The van der Waals surface area contributed by atoms with E-state index in [0.29, 0.717) is 23.6 Å². The zero-order valence-corrected chi connectivity index (χ0v) is 12.8. The normalized spacial score (nSPS) is 11.8. The van der Waals surface area contributed by atoms with Crippen molar-refractivity contribution in [3.05, 3.63) is 41.7 Å². The van der Waals surface area contributed by atoms with Crippen LogP contribution in [0.1, 0.15) is 36.4 Å². The molecule has 2 N–H and O–H groups in total. The average Bonchev–Trinajstić information content (AvgIpc) is 2.90. The van der Waals surface area contributed by atoms with Crippen LogP contribution in [0, 0.1) is 6.92 Å². The first-order valence-electron chi connectivity index (χ1n) is 7.11. The maximum absolute atomic E-state index is 12.2. The summed E-state index contributed by atoms with van der Waals surface area (Å²) >= 11 is 0. The van der Waals surface area contributed by atoms with E-state index in [1.807, 2.05) is 6.92 Å². The van der Waals surface area contributed by atoms with Gasteiger partial charge in [-0.15, -0.1) is 0 Å². The molecule has 0 aliphatic rings. The summed E-state index contributed by atoms with van der Waals surface area (Å²) in [4.78, 5) is 23.5. The van der Waals surface area contributed by atoms with E-state index in [-0.39, 0.29) is 11.7 Å². The number of aryl methyl sites for hydroxylation is 1. The predicted octanol–water partition coefficient (Wildman–Crippen LogP) is 3.01. The maximum atomic E-state index is 12.2. The number of benzene rings is 1. The lowest BCUT2D eigenvalue weighted by Gasteiger charge is -2.17. The van der Waals surface area contributed by atoms with Crippen LogP contribution < -0.4 is 10.6 Å². The smallest absolute Gasteiger partial charge is 0.248 e. The zero-order valence-electron chi connectivity index (χ0n) is 12.8. The minimum absolute atomic E-state index is 0.0118. The fourth-order valence-electron chi connectivity index (χ4n) is 1.99. The lowest BCUT2D eigenvalue weighted by atomic mass is 10.1. The first-order valence-corrected chi connectivity index (χ1v) is 7.11. The van der Waals surface area contributed by atoms with Gasteiger partial charge >= 0.3 is 0 Å². The maximum Gasteiger partial charge on any atom is 0.248 e. The third-order valence-electron chi connectivity index (χ3n) is 3.24. The zero-order chi connectivity index (χ0) is 16.1. The topological polar surface area (TPSA) is 84.2 Å². The lowest BCUT2D eigenvalue weighted by molar-refractivity contribution is -0.117. The number of carbonyl (C=O) groups is 2. The summed E-state index contributed by atoms with van der Waals surface area (Å²) in [5, 5.41) is 9.58. The van der Waals surface area contributed by atoms with Gasteiger partial charge in [0.05, 0.1) is 0 Å². The summed E-state index contributed by atoms with van der Waals surface area (Å²) in [5.74, 6) is 0.856. The fraction of sp³-hybridized carbons (Fsp3) is 0.312. The summed E-state index contributed by atoms with van der Waals surface area (Å²) < 4.78 is 4.92. The fourth-order valence-corrected chi connectivity index (χ4v) is 1.99. The third-order valence-corrected chi connectivity index (χ3v) is 3.24. The number of Topliss-reactive ketones (excluding diaryl/α,β-unsaturated/α-hetero) is 1. The van der Waals surface area contributed by atoms with Crippen molar-refractivity contribution in [2.24, 2.45) is 0 Å². The van der Waals surface area contributed by atoms with E-state index in [0.717, 1.165) is 5.69 Å². The van der Waals surface area contributed by atoms with Crippen molar-refractivity contribution < 1.29 is 14.1 Å². The number of carbonyl (C=O) groups excluding carboxylic acids is 2. The van der Waals surface area contributed by atoms with Gasteiger partial charge in [0.1, 0.15) is 11.8 Å². The largest absolute Gasteiger partial charge is 0.374 e. The van der Waals surface area contributed by atoms with Gasteiger partial charge in [0.15, 0.2) is 11.6 Å². The van der Waals surface area contributed by atoms with Crippen LogP contribution >= 0.6 is 0 Å². The van der Waals surface area contributed by atoms with Crippen LogP contribution in [0.4, 0.5) is 11.5 Å². The molecule has 0 fully saturated rings. The van der Waals surface area contributed by atoms with Crippen LogP contribution in [0.15, 0.2) is 34.9 Å². The third kappa shape index (κ3) is 3.94. The second-order valence-corrected chi connectivity index (χ2v) is 5.05. The summed E-state index contributed by atoms with van der Waals surface area (Å²) in [6.45, 7) is 5.19. The lowest BCUT2D eigenvalue weighted by Crippen LogP contribution is -2.34. The van der Waals surface area contributed by atoms with Gasteiger partial charge in [-0.2, -0.15) is 0 Å². The van der Waals surface area contributed by atoms with Crippen LogP contribution in [0.25, 0.3) is 0 Å². The molecule has 1 amide bonds. The number of nitrogens with zero attached hydrogens (tertiary/aromatic N) is 1. The number of rotatable bonds is 6. The average molecular weight is 301 g/mol. The predicted molar refractivity (Wildman–Crippen MR) is 84.0 cm³/mol. The highest BCUT2D eigenvalue weighted by molar-refractivity contribution is 5.96. The Kier molecular flexibility index (Phi) is 4.93. The molecule has 1 aromatic carbocycles. The molecule has 0 unspecified atom stereocenters. The van der Waals surface area contributed by atoms with E-state index in [1.54, 1.807) is 37.3 Å². The van der Waals surface area contributed by atoms with Gasteiger partial charge in [0.25, 0.3) is 0 Å². The Hall–Kier alpha value is -2.63. The molecular formula is C16H19N3O3. The second-order valence-electron chi connectivity index (χ2n) is 5.05. The molecule has 6 heteroatoms. The Balaban J connectivity index is 2.01. The summed E-state index contributed by atoms with van der Waals surface area (Å²) in [5.41, 5.74) is 1.42. The van der Waals surface area contributed by atoms with Crippen LogP contribution in [0.2, 0.25) is 0 Å². The van der Waals surface area contributed by atoms with Crippen molar-refractivity contribution in [2.75, 3.05) is 10.6 Å². The van der Waals surface area contributed by atoms with Crippen molar-refractivity contribution in [2.45, 2.75) is 33.2 Å². The molecule has 1 atom stereocenters. The van der Waals surface area contributed by atoms with Gasteiger partial charge < -0.3 is 15.2 Å². The molecular weight excluding hydrogens is 282 g/mol. The first-order chi connectivity index (χ1) is 10.5. The van der Waals surface area contributed by atoms with E-state index in [9.17, 15) is 9.59 Å². The van der Waals surface area contributed by atoms with E-state index >= 15 is 0 Å². The molecule has 0 saturated carbocycles. The molecule has 2 rings (SSSR count). The van der Waals surface area contributed by atoms with E-state index in [2.05, 4.69) is 15.8 Å². The van der Waals surface area contributed by atoms with Crippen LogP contribution in [-0.4, -0.2) is 22.9 Å². The van der Waals surface area contributed by atoms with Gasteiger partial charge in [-0.25, -0.2) is 0 Å². The molecule has 0 aliphatic heterocycles. The molecule has 2 aromatic rings. The molecule has 0 saturated heterocycles. The highest BCUT2D eigenvalue weighted by Crippen LogP contribution is 2.14. The number of hydrogen-bond donors (Lipinski definition) is 2. The number of amides is 1.